The summed E-state index contributed by atoms with van der Waals surface area (Å²) in [5, 5.41) is 20.0. The molecule has 20 heavy (non-hydrogen) atoms. The SMILES string of the molecule is CN1CCC2(CC1)C(C#N)=C1SCCN1C(=O)C2C#N. The van der Waals surface area contributed by atoms with Crippen LogP contribution in [0.1, 0.15) is 12.8 Å². The molecule has 2 fully saturated rings. The lowest BCUT2D eigenvalue weighted by atomic mass is 9.63. The van der Waals surface area contributed by atoms with Crippen LogP contribution in [0, 0.1) is 34.0 Å². The van der Waals surface area contributed by atoms with Crippen molar-refractivity contribution in [2.75, 3.05) is 32.4 Å². The molecular weight excluding hydrogens is 272 g/mol. The molecule has 3 aliphatic rings. The topological polar surface area (TPSA) is 71.1 Å². The Morgan fingerprint density at radius 3 is 2.60 bits per heavy atom. The lowest BCUT2D eigenvalue weighted by Crippen LogP contribution is -2.52. The standard InChI is InChI=1S/C14H16N4OS/c1-17-4-2-14(3-5-17)10(8-15)12(19)18-6-7-20-13(18)11(14)9-16/h10H,2-7H2,1H3. The van der Waals surface area contributed by atoms with Gasteiger partial charge < -0.3 is 9.80 Å². The van der Waals surface area contributed by atoms with Crippen molar-refractivity contribution in [3.63, 3.8) is 0 Å². The van der Waals surface area contributed by atoms with Crippen molar-refractivity contribution in [3.05, 3.63) is 10.6 Å². The molecule has 1 atom stereocenters. The van der Waals surface area contributed by atoms with Crippen LogP contribution in [0.2, 0.25) is 0 Å². The quantitative estimate of drug-likeness (QED) is 0.669. The molecule has 6 heteroatoms. The summed E-state index contributed by atoms with van der Waals surface area (Å²) in [6.45, 7) is 2.28. The zero-order valence-corrected chi connectivity index (χ0v) is 12.2. The van der Waals surface area contributed by atoms with Crippen LogP contribution in [-0.4, -0.2) is 48.1 Å². The second kappa shape index (κ2) is 4.80. The minimum absolute atomic E-state index is 0.101. The predicted molar refractivity (Wildman–Crippen MR) is 75.1 cm³/mol. The minimum atomic E-state index is -0.701. The average Bonchev–Trinajstić information content (AvgIpc) is 2.92. The number of thioether (sulfide) groups is 1. The molecule has 0 aromatic heterocycles. The molecule has 0 saturated carbocycles. The Kier molecular flexibility index (Phi) is 3.24. The van der Waals surface area contributed by atoms with Gasteiger partial charge in [-0.25, -0.2) is 0 Å². The van der Waals surface area contributed by atoms with Gasteiger partial charge in [0.25, 0.3) is 0 Å². The zero-order chi connectivity index (χ0) is 14.3. The number of rotatable bonds is 0. The van der Waals surface area contributed by atoms with Gasteiger partial charge in [0.1, 0.15) is 5.92 Å². The zero-order valence-electron chi connectivity index (χ0n) is 11.4. The maximum atomic E-state index is 12.6. The molecule has 0 aromatic rings. The lowest BCUT2D eigenvalue weighted by molar-refractivity contribution is -0.136. The van der Waals surface area contributed by atoms with E-state index in [0.29, 0.717) is 25.0 Å². The summed E-state index contributed by atoms with van der Waals surface area (Å²) in [5.41, 5.74) is 0.121. The average molecular weight is 288 g/mol. The van der Waals surface area contributed by atoms with E-state index in [-0.39, 0.29) is 5.91 Å². The smallest absolute Gasteiger partial charge is 0.245 e. The molecule has 3 heterocycles. The van der Waals surface area contributed by atoms with E-state index in [4.69, 9.17) is 0 Å². The molecular formula is C14H16N4OS. The molecule has 5 nitrogen and oxygen atoms in total. The first-order valence-corrected chi connectivity index (χ1v) is 7.80. The predicted octanol–water partition coefficient (Wildman–Crippen LogP) is 1.16. The van der Waals surface area contributed by atoms with Crippen molar-refractivity contribution < 1.29 is 4.79 Å². The van der Waals surface area contributed by atoms with Crippen molar-refractivity contribution in [1.82, 2.24) is 9.80 Å². The Hall–Kier alpha value is -1.50. The van der Waals surface area contributed by atoms with Crippen LogP contribution >= 0.6 is 11.8 Å². The highest BCUT2D eigenvalue weighted by Crippen LogP contribution is 2.53. The Bertz CT molecular complexity index is 563. The summed E-state index contributed by atoms with van der Waals surface area (Å²) in [7, 11) is 2.04. The molecule has 1 unspecified atom stereocenters. The first kappa shape index (κ1) is 13.5. The van der Waals surface area contributed by atoms with Crippen molar-refractivity contribution >= 4 is 17.7 Å². The van der Waals surface area contributed by atoms with Crippen LogP contribution in [-0.2, 0) is 4.79 Å². The first-order chi connectivity index (χ1) is 9.64. The molecule has 1 spiro atoms. The maximum Gasteiger partial charge on any atom is 0.245 e. The van der Waals surface area contributed by atoms with Gasteiger partial charge in [0, 0.05) is 17.7 Å². The number of carbonyl (C=O) groups excluding carboxylic acids is 1. The van der Waals surface area contributed by atoms with Crippen molar-refractivity contribution in [1.29, 1.82) is 10.5 Å². The number of hydrogen-bond donors (Lipinski definition) is 0. The van der Waals surface area contributed by atoms with E-state index in [1.165, 1.54) is 0 Å². The second-order valence-electron chi connectivity index (χ2n) is 5.65. The van der Waals surface area contributed by atoms with Gasteiger partial charge in [-0.3, -0.25) is 4.79 Å². The highest BCUT2D eigenvalue weighted by molar-refractivity contribution is 8.03. The molecule has 2 saturated heterocycles. The maximum absolute atomic E-state index is 12.6. The van der Waals surface area contributed by atoms with E-state index < -0.39 is 11.3 Å². The van der Waals surface area contributed by atoms with Gasteiger partial charge in [-0.15, -0.1) is 11.8 Å². The van der Waals surface area contributed by atoms with Crippen LogP contribution in [0.5, 0.6) is 0 Å². The van der Waals surface area contributed by atoms with Gasteiger partial charge in [-0.2, -0.15) is 10.5 Å². The monoisotopic (exact) mass is 288 g/mol. The van der Waals surface area contributed by atoms with Gasteiger partial charge in [0.15, 0.2) is 0 Å². The number of hydrogen-bond acceptors (Lipinski definition) is 5. The third-order valence-electron chi connectivity index (χ3n) is 4.70. The van der Waals surface area contributed by atoms with E-state index in [9.17, 15) is 15.3 Å². The van der Waals surface area contributed by atoms with E-state index in [1.54, 1.807) is 16.7 Å². The molecule has 0 aromatic carbocycles. The van der Waals surface area contributed by atoms with Crippen molar-refractivity contribution in [2.45, 2.75) is 12.8 Å². The van der Waals surface area contributed by atoms with Crippen LogP contribution in [0.3, 0.4) is 0 Å². The number of likely N-dealkylation sites (tertiary alicyclic amines) is 1. The molecule has 0 N–H and O–H groups in total. The van der Waals surface area contributed by atoms with Gasteiger partial charge >= 0.3 is 0 Å². The lowest BCUT2D eigenvalue weighted by Gasteiger charge is -2.46. The molecule has 0 radical (unpaired) electrons. The number of allylic oxidation sites excluding steroid dienone is 1. The third kappa shape index (κ3) is 1.69. The Morgan fingerprint density at radius 1 is 1.30 bits per heavy atom. The Labute approximate surface area is 122 Å². The van der Waals surface area contributed by atoms with Gasteiger partial charge in [0.2, 0.25) is 5.91 Å². The Balaban J connectivity index is 2.14. The highest BCUT2D eigenvalue weighted by atomic mass is 32.2. The van der Waals surface area contributed by atoms with Crippen LogP contribution in [0.4, 0.5) is 0 Å². The Morgan fingerprint density at radius 2 is 2.00 bits per heavy atom. The van der Waals surface area contributed by atoms with Crippen LogP contribution in [0.25, 0.3) is 0 Å². The second-order valence-corrected chi connectivity index (χ2v) is 6.74. The molecule has 3 aliphatic heterocycles. The van der Waals surface area contributed by atoms with E-state index in [2.05, 4.69) is 17.0 Å². The fourth-order valence-corrected chi connectivity index (χ4v) is 4.67. The number of nitriles is 2. The van der Waals surface area contributed by atoms with Gasteiger partial charge in [-0.1, -0.05) is 0 Å². The first-order valence-electron chi connectivity index (χ1n) is 6.81. The molecule has 0 bridgehead atoms. The summed E-state index contributed by atoms with van der Waals surface area (Å²) in [4.78, 5) is 16.4. The molecule has 0 aliphatic carbocycles. The van der Waals surface area contributed by atoms with Crippen molar-refractivity contribution in [3.8, 4) is 12.1 Å². The number of nitrogens with zero attached hydrogens (tertiary/aromatic N) is 4. The molecule has 3 rings (SSSR count). The molecule has 1 amide bonds. The number of fused-ring (bicyclic) bond motifs is 1. The van der Waals surface area contributed by atoms with E-state index >= 15 is 0 Å². The summed E-state index contributed by atoms with van der Waals surface area (Å²) in [5.74, 6) is 0.0183. The fourth-order valence-electron chi connectivity index (χ4n) is 3.47. The van der Waals surface area contributed by atoms with Crippen LogP contribution < -0.4 is 0 Å². The van der Waals surface area contributed by atoms with Crippen LogP contribution in [0.15, 0.2) is 10.6 Å². The normalized spacial score (nSPS) is 29.2. The van der Waals surface area contributed by atoms with Crippen molar-refractivity contribution in [2.24, 2.45) is 11.3 Å². The van der Waals surface area contributed by atoms with Gasteiger partial charge in [-0.05, 0) is 33.0 Å². The summed E-state index contributed by atoms with van der Waals surface area (Å²) in [6, 6.07) is 4.53. The number of amides is 1. The minimum Gasteiger partial charge on any atom is -0.306 e. The highest BCUT2D eigenvalue weighted by Gasteiger charge is 2.55. The largest absolute Gasteiger partial charge is 0.306 e. The third-order valence-corrected chi connectivity index (χ3v) is 5.78. The fraction of sp³-hybridized carbons (Fsp3) is 0.643. The summed E-state index contributed by atoms with van der Waals surface area (Å²) in [6.07, 6.45) is 1.43. The van der Waals surface area contributed by atoms with E-state index in [0.717, 1.165) is 23.9 Å². The summed E-state index contributed by atoms with van der Waals surface area (Å²) >= 11 is 1.58. The van der Waals surface area contributed by atoms with E-state index in [1.807, 2.05) is 7.05 Å². The van der Waals surface area contributed by atoms with Gasteiger partial charge in [0.05, 0.1) is 22.7 Å². The number of piperidine rings is 1. The molecule has 104 valence electrons. The summed E-state index contributed by atoms with van der Waals surface area (Å²) < 4.78 is 0. The number of carbonyl (C=O) groups is 1.